The second kappa shape index (κ2) is 15.0. The number of aromatic hydroxyl groups is 1. The standard InChI is InChI=1S/C43H48F2N6O7/c1-5-29-31(44)10-9-26-18-28(52)19-30(33(26)29)36-35(45)37-34(39(47-36)54-4)38(50-14-15-55-23-43(21-50)20-46-41(53)58-43)49-40(48-37)56-22-42-11-6-8-32(42)51(13-7-12-42)27-16-24(2)57-25(3)17-27/h1,9-10,18-19,24-25,27,32,52H,6-8,11-17,20-23H2,2-4H3,(H,46,53)/t24-,25+,27?,32-,42-,43-/m1/s1. The molecule has 2 N–H and O–H groups in total. The van der Waals surface area contributed by atoms with Gasteiger partial charge >= 0.3 is 12.1 Å². The number of phenols is 1. The minimum atomic E-state index is -1.04. The lowest BCUT2D eigenvalue weighted by atomic mass is 9.74. The van der Waals surface area contributed by atoms with Crippen LogP contribution in [0.4, 0.5) is 19.4 Å². The van der Waals surface area contributed by atoms with Gasteiger partial charge in [-0.2, -0.15) is 9.97 Å². The normalized spacial score (nSPS) is 28.9. The number of hydrogen-bond donors (Lipinski definition) is 2. The lowest BCUT2D eigenvalue weighted by Gasteiger charge is -2.51. The van der Waals surface area contributed by atoms with E-state index in [1.165, 1.54) is 31.4 Å². The van der Waals surface area contributed by atoms with Crippen molar-refractivity contribution in [3.63, 3.8) is 0 Å². The number of terminal acetylenes is 1. The second-order valence-corrected chi connectivity index (χ2v) is 16.7. The number of piperidine rings is 1. The van der Waals surface area contributed by atoms with Crippen LogP contribution in [0.2, 0.25) is 0 Å². The zero-order valence-electron chi connectivity index (χ0n) is 33.0. The molecule has 1 spiro atoms. The molecule has 5 fully saturated rings. The van der Waals surface area contributed by atoms with Crippen molar-refractivity contribution in [3.05, 3.63) is 41.5 Å². The van der Waals surface area contributed by atoms with Crippen molar-refractivity contribution >= 4 is 33.6 Å². The van der Waals surface area contributed by atoms with Gasteiger partial charge in [0.05, 0.1) is 57.8 Å². The first kappa shape index (κ1) is 38.5. The van der Waals surface area contributed by atoms with E-state index in [2.05, 4.69) is 35.0 Å². The number of halogens is 2. The molecule has 2 aromatic heterocycles. The van der Waals surface area contributed by atoms with Crippen molar-refractivity contribution in [2.75, 3.05) is 58.0 Å². The van der Waals surface area contributed by atoms with Crippen LogP contribution in [0.1, 0.15) is 64.4 Å². The molecule has 1 unspecified atom stereocenters. The first-order valence-electron chi connectivity index (χ1n) is 20.2. The Labute approximate surface area is 335 Å². The summed E-state index contributed by atoms with van der Waals surface area (Å²) in [5, 5.41) is 14.3. The lowest BCUT2D eigenvalue weighted by molar-refractivity contribution is -0.0967. The van der Waals surface area contributed by atoms with Crippen molar-refractivity contribution in [1.29, 1.82) is 0 Å². The first-order chi connectivity index (χ1) is 28.0. The number of rotatable bonds is 7. The molecular formula is C43H48F2N6O7. The molecule has 1 aliphatic carbocycles. The number of alkyl carbamates (subject to hydrolysis) is 1. The summed E-state index contributed by atoms with van der Waals surface area (Å²) < 4.78 is 63.0. The largest absolute Gasteiger partial charge is 0.508 e. The van der Waals surface area contributed by atoms with Gasteiger partial charge in [0.25, 0.3) is 0 Å². The number of anilines is 1. The fraction of sp³-hybridized carbons (Fsp3) is 0.535. The highest BCUT2D eigenvalue weighted by Crippen LogP contribution is 2.50. The van der Waals surface area contributed by atoms with Gasteiger partial charge in [-0.25, -0.2) is 18.6 Å². The molecule has 9 rings (SSSR count). The molecule has 5 aliphatic rings. The van der Waals surface area contributed by atoms with Crippen LogP contribution < -0.4 is 19.7 Å². The van der Waals surface area contributed by atoms with Gasteiger partial charge in [-0.05, 0) is 82.5 Å². The van der Waals surface area contributed by atoms with E-state index in [0.29, 0.717) is 30.6 Å². The number of benzene rings is 2. The summed E-state index contributed by atoms with van der Waals surface area (Å²) in [6.07, 6.45) is 12.7. The molecule has 13 nitrogen and oxygen atoms in total. The third kappa shape index (κ3) is 6.68. The third-order valence-corrected chi connectivity index (χ3v) is 12.9. The van der Waals surface area contributed by atoms with E-state index >= 15 is 8.78 Å². The Morgan fingerprint density at radius 2 is 1.90 bits per heavy atom. The number of amides is 1. The number of methoxy groups -OCH3 is 1. The van der Waals surface area contributed by atoms with Crippen molar-refractivity contribution in [3.8, 4) is 41.2 Å². The number of ether oxygens (including phenoxy) is 5. The van der Waals surface area contributed by atoms with E-state index in [0.717, 1.165) is 51.5 Å². The summed E-state index contributed by atoms with van der Waals surface area (Å²) in [5.41, 5.74) is -1.66. The highest BCUT2D eigenvalue weighted by molar-refractivity contribution is 6.04. The van der Waals surface area contributed by atoms with Crippen LogP contribution in [0, 0.1) is 29.4 Å². The molecule has 4 saturated heterocycles. The number of carbonyl (C=O) groups excluding carboxylic acids is 1. The molecule has 58 heavy (non-hydrogen) atoms. The fourth-order valence-corrected chi connectivity index (χ4v) is 10.5. The van der Waals surface area contributed by atoms with Crippen molar-refractivity contribution in [2.45, 2.75) is 88.7 Å². The second-order valence-electron chi connectivity index (χ2n) is 16.7. The van der Waals surface area contributed by atoms with Gasteiger partial charge in [0.2, 0.25) is 5.88 Å². The quantitative estimate of drug-likeness (QED) is 0.209. The van der Waals surface area contributed by atoms with Crippen LogP contribution in [-0.2, 0) is 14.2 Å². The molecular weight excluding hydrogens is 751 g/mol. The van der Waals surface area contributed by atoms with Crippen molar-refractivity contribution in [2.24, 2.45) is 5.41 Å². The highest BCUT2D eigenvalue weighted by Gasteiger charge is 2.51. The summed E-state index contributed by atoms with van der Waals surface area (Å²) in [6.45, 7) is 6.75. The van der Waals surface area contributed by atoms with Gasteiger partial charge < -0.3 is 39.0 Å². The number of phenolic OH excluding ortho intramolecular Hbond substituents is 1. The molecule has 4 aliphatic heterocycles. The van der Waals surface area contributed by atoms with Gasteiger partial charge in [-0.3, -0.25) is 4.90 Å². The van der Waals surface area contributed by atoms with Gasteiger partial charge in [-0.15, -0.1) is 6.42 Å². The Hall–Kier alpha value is -5.04. The van der Waals surface area contributed by atoms with E-state index < -0.39 is 23.3 Å². The third-order valence-electron chi connectivity index (χ3n) is 12.9. The number of nitrogens with one attached hydrogen (secondary N) is 1. The molecule has 15 heteroatoms. The van der Waals surface area contributed by atoms with Gasteiger partial charge in [-0.1, -0.05) is 18.4 Å². The Morgan fingerprint density at radius 1 is 1.09 bits per heavy atom. The maximum Gasteiger partial charge on any atom is 0.408 e. The zero-order chi connectivity index (χ0) is 40.3. The number of pyridine rings is 1. The van der Waals surface area contributed by atoms with Crippen LogP contribution in [0.3, 0.4) is 0 Å². The van der Waals surface area contributed by atoms with Crippen LogP contribution in [0.5, 0.6) is 17.6 Å². The van der Waals surface area contributed by atoms with Gasteiger partial charge in [0, 0.05) is 35.0 Å². The molecule has 2 aromatic carbocycles. The van der Waals surface area contributed by atoms with Crippen molar-refractivity contribution < 1.29 is 42.4 Å². The van der Waals surface area contributed by atoms with E-state index in [9.17, 15) is 9.90 Å². The monoisotopic (exact) mass is 798 g/mol. The maximum absolute atomic E-state index is 17.5. The van der Waals surface area contributed by atoms with E-state index in [4.69, 9.17) is 40.1 Å². The molecule has 6 atom stereocenters. The zero-order valence-corrected chi connectivity index (χ0v) is 33.0. The summed E-state index contributed by atoms with van der Waals surface area (Å²) >= 11 is 0. The first-order valence-corrected chi connectivity index (χ1v) is 20.2. The van der Waals surface area contributed by atoms with E-state index in [1.807, 2.05) is 4.90 Å². The average molecular weight is 799 g/mol. The highest BCUT2D eigenvalue weighted by atomic mass is 19.1. The Kier molecular flexibility index (Phi) is 9.93. The number of fused-ring (bicyclic) bond motifs is 3. The number of carbonyl (C=O) groups is 1. The Balaban J connectivity index is 1.17. The molecule has 1 saturated carbocycles. The molecule has 4 aromatic rings. The smallest absolute Gasteiger partial charge is 0.408 e. The van der Waals surface area contributed by atoms with Crippen molar-refractivity contribution in [1.82, 2.24) is 25.2 Å². The average Bonchev–Trinajstić information content (AvgIpc) is 3.74. The van der Waals surface area contributed by atoms with Gasteiger partial charge in [0.15, 0.2) is 11.4 Å². The lowest BCUT2D eigenvalue weighted by Crippen LogP contribution is -2.57. The number of hydrogen-bond acceptors (Lipinski definition) is 12. The van der Waals surface area contributed by atoms with E-state index in [-0.39, 0.29) is 100 Å². The molecule has 1 amide bonds. The molecule has 0 bridgehead atoms. The number of nitrogens with zero attached hydrogens (tertiary/aromatic N) is 5. The summed E-state index contributed by atoms with van der Waals surface area (Å²) in [5.74, 6) is 0.869. The summed E-state index contributed by atoms with van der Waals surface area (Å²) in [7, 11) is 1.40. The predicted octanol–water partition coefficient (Wildman–Crippen LogP) is 6.10. The molecule has 0 radical (unpaired) electrons. The Bertz CT molecular complexity index is 2320. The summed E-state index contributed by atoms with van der Waals surface area (Å²) in [4.78, 5) is 31.2. The minimum Gasteiger partial charge on any atom is -0.508 e. The molecule has 306 valence electrons. The molecule has 6 heterocycles. The minimum absolute atomic E-state index is 0.0267. The van der Waals surface area contributed by atoms with E-state index in [1.54, 1.807) is 0 Å². The van der Waals surface area contributed by atoms with Gasteiger partial charge in [0.1, 0.15) is 34.0 Å². The maximum atomic E-state index is 17.5. The number of aromatic nitrogens is 3. The van der Waals surface area contributed by atoms with Crippen LogP contribution >= 0.6 is 0 Å². The number of likely N-dealkylation sites (tertiary alicyclic amines) is 1. The predicted molar refractivity (Wildman–Crippen MR) is 211 cm³/mol. The van der Waals surface area contributed by atoms with Crippen LogP contribution in [-0.4, -0.2) is 114 Å². The summed E-state index contributed by atoms with van der Waals surface area (Å²) in [6, 6.07) is 6.08. The topological polar surface area (TPSA) is 141 Å². The van der Waals surface area contributed by atoms with Crippen LogP contribution in [0.25, 0.3) is 32.9 Å². The Morgan fingerprint density at radius 3 is 2.66 bits per heavy atom. The fourth-order valence-electron chi connectivity index (χ4n) is 10.5. The SMILES string of the molecule is C#Cc1c(F)ccc2cc(O)cc(-c3nc(OC)c4c(N5CCOC[C@@]6(CNC(=O)O6)C5)nc(OC[C@]56CCC[C@H]5N(C5C[C@@H](C)O[C@@H](C)C5)CCC6)nc4c3F)c12. The van der Waals surface area contributed by atoms with Crippen LogP contribution in [0.15, 0.2) is 24.3 Å².